The maximum Gasteiger partial charge on any atom is 0.305 e. The van der Waals surface area contributed by atoms with Crippen molar-refractivity contribution in [3.63, 3.8) is 0 Å². The lowest BCUT2D eigenvalue weighted by atomic mass is 10.1. The summed E-state index contributed by atoms with van der Waals surface area (Å²) in [4.78, 5) is 11.7. The van der Waals surface area contributed by atoms with Gasteiger partial charge in [0.15, 0.2) is 0 Å². The SMILES string of the molecule is CCCCCCCCCCCCCCOC(=O)CCCCCCC1CC1. The Morgan fingerprint density at radius 1 is 0.692 bits per heavy atom. The van der Waals surface area contributed by atoms with E-state index in [1.54, 1.807) is 0 Å². The third-order valence-corrected chi connectivity index (χ3v) is 5.70. The van der Waals surface area contributed by atoms with Crippen molar-refractivity contribution in [2.75, 3.05) is 6.61 Å². The second kappa shape index (κ2) is 17.9. The summed E-state index contributed by atoms with van der Waals surface area (Å²) >= 11 is 0. The summed E-state index contributed by atoms with van der Waals surface area (Å²) in [5.74, 6) is 1.07. The van der Waals surface area contributed by atoms with Gasteiger partial charge >= 0.3 is 5.97 Å². The van der Waals surface area contributed by atoms with E-state index in [4.69, 9.17) is 4.74 Å². The Labute approximate surface area is 163 Å². The predicted molar refractivity (Wildman–Crippen MR) is 112 cm³/mol. The molecule has 0 saturated heterocycles. The number of hydrogen-bond donors (Lipinski definition) is 0. The van der Waals surface area contributed by atoms with Crippen LogP contribution in [0.4, 0.5) is 0 Å². The van der Waals surface area contributed by atoms with Gasteiger partial charge in [0.2, 0.25) is 0 Å². The van der Waals surface area contributed by atoms with Crippen molar-refractivity contribution in [2.24, 2.45) is 5.92 Å². The Hall–Kier alpha value is -0.530. The standard InChI is InChI=1S/C24H46O2/c1-2-3-4-5-6-7-8-9-10-11-14-17-22-26-24(25)19-16-13-12-15-18-23-20-21-23/h23H,2-22H2,1H3. The fraction of sp³-hybridized carbons (Fsp3) is 0.958. The van der Waals surface area contributed by atoms with Gasteiger partial charge in [0, 0.05) is 6.42 Å². The average Bonchev–Trinajstić information content (AvgIpc) is 3.46. The molecule has 0 spiro atoms. The fourth-order valence-corrected chi connectivity index (χ4v) is 3.66. The zero-order chi connectivity index (χ0) is 18.7. The molecule has 1 saturated carbocycles. The summed E-state index contributed by atoms with van der Waals surface area (Å²) in [5, 5.41) is 0. The molecule has 0 N–H and O–H groups in total. The molecule has 154 valence electrons. The van der Waals surface area contributed by atoms with Crippen LogP contribution in [0.3, 0.4) is 0 Å². The Balaban J connectivity index is 1.68. The Morgan fingerprint density at radius 2 is 1.19 bits per heavy atom. The van der Waals surface area contributed by atoms with Crippen molar-refractivity contribution in [3.05, 3.63) is 0 Å². The van der Waals surface area contributed by atoms with Crippen LogP contribution in [0.25, 0.3) is 0 Å². The third kappa shape index (κ3) is 16.9. The van der Waals surface area contributed by atoms with Gasteiger partial charge in [-0.15, -0.1) is 0 Å². The van der Waals surface area contributed by atoms with Crippen LogP contribution in [-0.2, 0) is 9.53 Å². The molecule has 1 rings (SSSR count). The first-order valence-corrected chi connectivity index (χ1v) is 12.0. The molecular formula is C24H46O2. The van der Waals surface area contributed by atoms with E-state index in [1.807, 2.05) is 0 Å². The number of ether oxygens (including phenoxy) is 1. The summed E-state index contributed by atoms with van der Waals surface area (Å²) in [6, 6.07) is 0. The van der Waals surface area contributed by atoms with Gasteiger partial charge in [-0.1, -0.05) is 116 Å². The number of carbonyl (C=O) groups excluding carboxylic acids is 1. The molecule has 0 aromatic carbocycles. The van der Waals surface area contributed by atoms with Crippen molar-refractivity contribution < 1.29 is 9.53 Å². The quantitative estimate of drug-likeness (QED) is 0.161. The van der Waals surface area contributed by atoms with Crippen LogP contribution in [0.2, 0.25) is 0 Å². The zero-order valence-corrected chi connectivity index (χ0v) is 17.7. The predicted octanol–water partition coefficient (Wildman–Crippen LogP) is 7.98. The van der Waals surface area contributed by atoms with Crippen LogP contribution in [0.1, 0.15) is 135 Å². The van der Waals surface area contributed by atoms with Crippen LogP contribution in [0.15, 0.2) is 0 Å². The number of esters is 1. The molecule has 1 fully saturated rings. The van der Waals surface area contributed by atoms with E-state index in [2.05, 4.69) is 6.92 Å². The molecule has 0 aromatic heterocycles. The van der Waals surface area contributed by atoms with Crippen molar-refractivity contribution in [1.29, 1.82) is 0 Å². The molecule has 0 atom stereocenters. The van der Waals surface area contributed by atoms with E-state index >= 15 is 0 Å². The normalized spacial score (nSPS) is 13.9. The fourth-order valence-electron chi connectivity index (χ4n) is 3.66. The van der Waals surface area contributed by atoms with E-state index in [0.29, 0.717) is 13.0 Å². The molecule has 0 unspecified atom stereocenters. The number of hydrogen-bond acceptors (Lipinski definition) is 2. The molecule has 1 aliphatic carbocycles. The largest absolute Gasteiger partial charge is 0.466 e. The lowest BCUT2D eigenvalue weighted by Crippen LogP contribution is -2.05. The first-order valence-electron chi connectivity index (χ1n) is 12.0. The van der Waals surface area contributed by atoms with Gasteiger partial charge in [0.1, 0.15) is 0 Å². The second-order valence-electron chi connectivity index (χ2n) is 8.51. The summed E-state index contributed by atoms with van der Waals surface area (Å²) in [7, 11) is 0. The van der Waals surface area contributed by atoms with E-state index in [1.165, 1.54) is 109 Å². The van der Waals surface area contributed by atoms with Crippen LogP contribution in [0.5, 0.6) is 0 Å². The molecule has 0 bridgehead atoms. The molecule has 0 aromatic rings. The lowest BCUT2D eigenvalue weighted by molar-refractivity contribution is -0.143. The van der Waals surface area contributed by atoms with Crippen LogP contribution < -0.4 is 0 Å². The van der Waals surface area contributed by atoms with Crippen molar-refractivity contribution in [1.82, 2.24) is 0 Å². The van der Waals surface area contributed by atoms with Gasteiger partial charge in [-0.3, -0.25) is 4.79 Å². The smallest absolute Gasteiger partial charge is 0.305 e. The van der Waals surface area contributed by atoms with E-state index < -0.39 is 0 Å². The monoisotopic (exact) mass is 366 g/mol. The molecule has 0 aliphatic heterocycles. The average molecular weight is 367 g/mol. The second-order valence-corrected chi connectivity index (χ2v) is 8.51. The highest BCUT2D eigenvalue weighted by Crippen LogP contribution is 2.34. The molecule has 2 heteroatoms. The van der Waals surface area contributed by atoms with E-state index in [-0.39, 0.29) is 5.97 Å². The van der Waals surface area contributed by atoms with Gasteiger partial charge in [0.25, 0.3) is 0 Å². The minimum Gasteiger partial charge on any atom is -0.466 e. The highest BCUT2D eigenvalue weighted by molar-refractivity contribution is 5.69. The minimum absolute atomic E-state index is 0.0234. The summed E-state index contributed by atoms with van der Waals surface area (Å²) in [6.45, 7) is 2.91. The van der Waals surface area contributed by atoms with Crippen molar-refractivity contribution in [2.45, 2.75) is 135 Å². The van der Waals surface area contributed by atoms with Gasteiger partial charge in [0.05, 0.1) is 6.61 Å². The van der Waals surface area contributed by atoms with Gasteiger partial charge in [-0.2, -0.15) is 0 Å². The Kier molecular flexibility index (Phi) is 16.2. The van der Waals surface area contributed by atoms with E-state index in [0.717, 1.165) is 18.8 Å². The lowest BCUT2D eigenvalue weighted by Gasteiger charge is -2.05. The molecule has 2 nitrogen and oxygen atoms in total. The minimum atomic E-state index is 0.0234. The first kappa shape index (κ1) is 23.5. The van der Waals surface area contributed by atoms with Gasteiger partial charge in [-0.25, -0.2) is 0 Å². The summed E-state index contributed by atoms with van der Waals surface area (Å²) < 4.78 is 5.35. The maximum absolute atomic E-state index is 11.7. The topological polar surface area (TPSA) is 26.3 Å². The number of rotatable bonds is 20. The van der Waals surface area contributed by atoms with Crippen LogP contribution in [0, 0.1) is 5.92 Å². The molecular weight excluding hydrogens is 320 g/mol. The Morgan fingerprint density at radius 3 is 1.77 bits per heavy atom. The molecule has 0 heterocycles. The maximum atomic E-state index is 11.7. The first-order chi connectivity index (χ1) is 12.8. The van der Waals surface area contributed by atoms with Crippen molar-refractivity contribution in [3.8, 4) is 0 Å². The number of unbranched alkanes of at least 4 members (excludes halogenated alkanes) is 14. The molecule has 0 radical (unpaired) electrons. The van der Waals surface area contributed by atoms with Gasteiger partial charge < -0.3 is 4.74 Å². The highest BCUT2D eigenvalue weighted by Gasteiger charge is 2.19. The highest BCUT2D eigenvalue weighted by atomic mass is 16.5. The van der Waals surface area contributed by atoms with Crippen LogP contribution >= 0.6 is 0 Å². The molecule has 26 heavy (non-hydrogen) atoms. The summed E-state index contributed by atoms with van der Waals surface area (Å²) in [5.41, 5.74) is 0. The number of carbonyl (C=O) groups is 1. The van der Waals surface area contributed by atoms with Crippen LogP contribution in [-0.4, -0.2) is 12.6 Å². The van der Waals surface area contributed by atoms with E-state index in [9.17, 15) is 4.79 Å². The summed E-state index contributed by atoms with van der Waals surface area (Å²) in [6.07, 6.45) is 26.0. The molecule has 0 amide bonds. The van der Waals surface area contributed by atoms with Gasteiger partial charge in [-0.05, 0) is 18.8 Å². The molecule has 1 aliphatic rings. The third-order valence-electron chi connectivity index (χ3n) is 5.70. The zero-order valence-electron chi connectivity index (χ0n) is 17.7. The Bertz CT molecular complexity index is 309. The van der Waals surface area contributed by atoms with Crippen molar-refractivity contribution >= 4 is 5.97 Å².